The molecule has 10 heteroatoms. The molecule has 0 spiro atoms. The molecule has 1 atom stereocenters. The average molecular weight is 507 g/mol. The van der Waals surface area contributed by atoms with Crippen molar-refractivity contribution >= 4 is 17.4 Å². The molecule has 1 saturated carbocycles. The van der Waals surface area contributed by atoms with Crippen molar-refractivity contribution in [3.63, 3.8) is 0 Å². The summed E-state index contributed by atoms with van der Waals surface area (Å²) in [7, 11) is 5.86. The summed E-state index contributed by atoms with van der Waals surface area (Å²) in [6.45, 7) is 2.55. The summed E-state index contributed by atoms with van der Waals surface area (Å²) in [6.07, 6.45) is 7.92. The molecule has 1 unspecified atom stereocenters. The number of aromatic nitrogens is 4. The van der Waals surface area contributed by atoms with Gasteiger partial charge in [-0.25, -0.2) is 9.97 Å². The maximum absolute atomic E-state index is 12.8. The van der Waals surface area contributed by atoms with Gasteiger partial charge in [0.15, 0.2) is 11.9 Å². The van der Waals surface area contributed by atoms with Crippen LogP contribution in [0.5, 0.6) is 0 Å². The monoisotopic (exact) mass is 506 g/mol. The highest BCUT2D eigenvalue weighted by molar-refractivity contribution is 5.97. The smallest absolute Gasteiger partial charge is 0.273 e. The Bertz CT molecular complexity index is 1170. The van der Waals surface area contributed by atoms with E-state index in [4.69, 9.17) is 0 Å². The minimum Gasteiger partial charge on any atom is -0.370 e. The van der Waals surface area contributed by atoms with E-state index in [2.05, 4.69) is 50.0 Å². The summed E-state index contributed by atoms with van der Waals surface area (Å²) in [5.74, 6) is 1.30. The van der Waals surface area contributed by atoms with E-state index in [9.17, 15) is 9.90 Å². The van der Waals surface area contributed by atoms with E-state index in [0.29, 0.717) is 17.9 Å². The lowest BCUT2D eigenvalue weighted by Gasteiger charge is -2.15. The van der Waals surface area contributed by atoms with Gasteiger partial charge in [0.2, 0.25) is 0 Å². The number of hydrogen-bond acceptors (Lipinski definition) is 8. The SMILES string of the molecule is CN(C)CCCCCNC(=O)c1nn(C)cc1NC(O)c1cccc(-c2ccnc(NCC3CC3)c2)n1. The average Bonchev–Trinajstić information content (AvgIpc) is 3.65. The van der Waals surface area contributed by atoms with E-state index in [1.807, 2.05) is 24.3 Å². The standard InChI is InChI=1S/C27H38N8O2/c1-34(2)15-6-4-5-13-29-27(37)25-23(18-35(3)33-25)32-26(36)22-9-7-8-21(31-22)20-12-14-28-24(16-20)30-17-19-10-11-19/h7-9,12,14,16,18-19,26,32,36H,4-6,10-11,13,15,17H2,1-3H3,(H,28,30)(H,29,37). The number of pyridine rings is 2. The second-order valence-corrected chi connectivity index (χ2v) is 9.93. The second kappa shape index (κ2) is 12.6. The number of hydrogen-bond donors (Lipinski definition) is 4. The van der Waals surface area contributed by atoms with E-state index >= 15 is 0 Å². The molecule has 1 aliphatic rings. The number of anilines is 2. The van der Waals surface area contributed by atoms with E-state index in [1.54, 1.807) is 30.2 Å². The van der Waals surface area contributed by atoms with Gasteiger partial charge in [-0.1, -0.05) is 12.5 Å². The fourth-order valence-corrected chi connectivity index (χ4v) is 4.02. The van der Waals surface area contributed by atoms with Gasteiger partial charge < -0.3 is 26.0 Å². The summed E-state index contributed by atoms with van der Waals surface area (Å²) >= 11 is 0. The van der Waals surface area contributed by atoms with Gasteiger partial charge >= 0.3 is 0 Å². The van der Waals surface area contributed by atoms with Gasteiger partial charge in [-0.2, -0.15) is 5.10 Å². The molecule has 3 aromatic heterocycles. The Kier molecular flexibility index (Phi) is 9.08. The maximum atomic E-state index is 12.8. The molecular weight excluding hydrogens is 468 g/mol. The zero-order valence-corrected chi connectivity index (χ0v) is 21.9. The van der Waals surface area contributed by atoms with Crippen LogP contribution in [-0.2, 0) is 7.05 Å². The van der Waals surface area contributed by atoms with Gasteiger partial charge in [-0.05, 0) is 76.5 Å². The van der Waals surface area contributed by atoms with Crippen LogP contribution in [0.3, 0.4) is 0 Å². The first kappa shape index (κ1) is 26.6. The van der Waals surface area contributed by atoms with Crippen LogP contribution < -0.4 is 16.0 Å². The van der Waals surface area contributed by atoms with E-state index in [1.165, 1.54) is 12.8 Å². The number of carbonyl (C=O) groups is 1. The normalized spacial score (nSPS) is 14.0. The lowest BCUT2D eigenvalue weighted by molar-refractivity contribution is 0.0947. The van der Waals surface area contributed by atoms with Crippen molar-refractivity contribution in [1.29, 1.82) is 0 Å². The fraction of sp³-hybridized carbons (Fsp3) is 0.481. The topological polar surface area (TPSA) is 120 Å². The Hall–Kier alpha value is -3.50. The fourth-order valence-electron chi connectivity index (χ4n) is 4.02. The van der Waals surface area contributed by atoms with Gasteiger partial charge in [-0.3, -0.25) is 9.48 Å². The molecule has 3 heterocycles. The predicted molar refractivity (Wildman–Crippen MR) is 145 cm³/mol. The molecular formula is C27H38N8O2. The third-order valence-corrected chi connectivity index (χ3v) is 6.28. The van der Waals surface area contributed by atoms with Crippen molar-refractivity contribution < 1.29 is 9.90 Å². The molecule has 4 rings (SSSR count). The van der Waals surface area contributed by atoms with Crippen LogP contribution in [-0.4, -0.2) is 69.4 Å². The van der Waals surface area contributed by atoms with Crippen molar-refractivity contribution in [2.24, 2.45) is 13.0 Å². The van der Waals surface area contributed by atoms with Gasteiger partial charge in [0.1, 0.15) is 5.82 Å². The van der Waals surface area contributed by atoms with Gasteiger partial charge in [-0.15, -0.1) is 0 Å². The van der Waals surface area contributed by atoms with E-state index < -0.39 is 6.23 Å². The van der Waals surface area contributed by atoms with Crippen molar-refractivity contribution in [3.8, 4) is 11.3 Å². The van der Waals surface area contributed by atoms with Crippen molar-refractivity contribution in [2.75, 3.05) is 44.4 Å². The zero-order valence-electron chi connectivity index (χ0n) is 21.9. The maximum Gasteiger partial charge on any atom is 0.273 e. The summed E-state index contributed by atoms with van der Waals surface area (Å²) in [4.78, 5) is 24.0. The van der Waals surface area contributed by atoms with Crippen LogP contribution in [0.1, 0.15) is 54.5 Å². The predicted octanol–water partition coefficient (Wildman–Crippen LogP) is 3.26. The Morgan fingerprint density at radius 2 is 2.05 bits per heavy atom. The van der Waals surface area contributed by atoms with Crippen LogP contribution >= 0.6 is 0 Å². The molecule has 0 bridgehead atoms. The zero-order chi connectivity index (χ0) is 26.2. The third-order valence-electron chi connectivity index (χ3n) is 6.28. The Morgan fingerprint density at radius 3 is 2.84 bits per heavy atom. The summed E-state index contributed by atoms with van der Waals surface area (Å²) in [5, 5.41) is 24.5. The Morgan fingerprint density at radius 1 is 1.22 bits per heavy atom. The molecule has 37 heavy (non-hydrogen) atoms. The lowest BCUT2D eigenvalue weighted by atomic mass is 10.1. The van der Waals surface area contributed by atoms with Crippen LogP contribution in [0.25, 0.3) is 11.3 Å². The molecule has 0 aromatic carbocycles. The molecule has 198 valence electrons. The molecule has 1 fully saturated rings. The number of nitrogens with one attached hydrogen (secondary N) is 3. The highest BCUT2D eigenvalue weighted by Gasteiger charge is 2.21. The lowest BCUT2D eigenvalue weighted by Crippen LogP contribution is -2.26. The third kappa shape index (κ3) is 7.99. The number of carbonyl (C=O) groups excluding carboxylic acids is 1. The number of nitrogens with zero attached hydrogens (tertiary/aromatic N) is 5. The number of rotatable bonds is 14. The molecule has 3 aromatic rings. The largest absolute Gasteiger partial charge is 0.370 e. The quantitative estimate of drug-likeness (QED) is 0.194. The van der Waals surface area contributed by atoms with E-state index in [0.717, 1.165) is 55.3 Å². The van der Waals surface area contributed by atoms with Crippen molar-refractivity contribution in [2.45, 2.75) is 38.3 Å². The molecule has 0 saturated heterocycles. The highest BCUT2D eigenvalue weighted by Crippen LogP contribution is 2.29. The van der Waals surface area contributed by atoms with Crippen molar-refractivity contribution in [1.82, 2.24) is 30.0 Å². The first-order valence-electron chi connectivity index (χ1n) is 13.0. The summed E-state index contributed by atoms with van der Waals surface area (Å²) < 4.78 is 1.55. The number of aryl methyl sites for hydroxylation is 1. The van der Waals surface area contributed by atoms with Crippen LogP contribution in [0.4, 0.5) is 11.5 Å². The van der Waals surface area contributed by atoms with Crippen molar-refractivity contribution in [3.05, 3.63) is 54.1 Å². The van der Waals surface area contributed by atoms with E-state index in [-0.39, 0.29) is 11.6 Å². The molecule has 10 nitrogen and oxygen atoms in total. The van der Waals surface area contributed by atoms with Gasteiger partial charge in [0, 0.05) is 38.1 Å². The van der Waals surface area contributed by atoms with Crippen LogP contribution in [0.2, 0.25) is 0 Å². The number of aliphatic hydroxyl groups excluding tert-OH is 1. The van der Waals surface area contributed by atoms with Gasteiger partial charge in [0.05, 0.1) is 17.1 Å². The number of amides is 1. The number of aliphatic hydroxyl groups is 1. The first-order chi connectivity index (χ1) is 17.9. The minimum absolute atomic E-state index is 0.242. The first-order valence-corrected chi connectivity index (χ1v) is 13.0. The molecule has 4 N–H and O–H groups in total. The van der Waals surface area contributed by atoms with Gasteiger partial charge in [0.25, 0.3) is 5.91 Å². The Labute approximate surface area is 218 Å². The van der Waals surface area contributed by atoms with Crippen LogP contribution in [0, 0.1) is 5.92 Å². The highest BCUT2D eigenvalue weighted by atomic mass is 16.3. The Balaban J connectivity index is 1.37. The summed E-state index contributed by atoms with van der Waals surface area (Å²) in [5.41, 5.74) is 2.77. The molecule has 1 aliphatic carbocycles. The molecule has 1 amide bonds. The molecule has 0 radical (unpaired) electrons. The molecule has 0 aliphatic heterocycles. The number of unbranched alkanes of at least 4 members (excludes halogenated alkanes) is 2. The minimum atomic E-state index is -1.11. The summed E-state index contributed by atoms with van der Waals surface area (Å²) in [6, 6.07) is 9.38. The second-order valence-electron chi connectivity index (χ2n) is 9.93. The van der Waals surface area contributed by atoms with Crippen LogP contribution in [0.15, 0.2) is 42.7 Å².